The molecule has 0 bridgehead atoms. The molecule has 0 amide bonds. The first kappa shape index (κ1) is 21.1. The Hall–Kier alpha value is -2.81. The van der Waals surface area contributed by atoms with E-state index in [4.69, 9.17) is 0 Å². The van der Waals surface area contributed by atoms with Gasteiger partial charge in [-0.05, 0) is 37.3 Å². The summed E-state index contributed by atoms with van der Waals surface area (Å²) >= 11 is 0. The van der Waals surface area contributed by atoms with Gasteiger partial charge in [0.05, 0.1) is 11.1 Å². The summed E-state index contributed by atoms with van der Waals surface area (Å²) in [4.78, 5) is 4.76. The van der Waals surface area contributed by atoms with E-state index in [2.05, 4.69) is 10.1 Å². The van der Waals surface area contributed by atoms with Gasteiger partial charge in [0.15, 0.2) is 0 Å². The fourth-order valence-electron chi connectivity index (χ4n) is 4.78. The topological polar surface area (TPSA) is 69.2 Å². The van der Waals surface area contributed by atoms with Crippen molar-refractivity contribution < 1.29 is 17.2 Å². The molecule has 0 N–H and O–H groups in total. The Labute approximate surface area is 185 Å². The van der Waals surface area contributed by atoms with Crippen molar-refractivity contribution in [1.82, 2.24) is 13.8 Å². The summed E-state index contributed by atoms with van der Waals surface area (Å²) in [5, 5.41) is 4.23. The maximum atomic E-state index is 13.7. The molecule has 32 heavy (non-hydrogen) atoms. The first-order valence-corrected chi connectivity index (χ1v) is 12.1. The minimum Gasteiger partial charge on any atom is -0.275 e. The second-order valence-electron chi connectivity index (χ2n) is 8.70. The van der Waals surface area contributed by atoms with E-state index in [9.17, 15) is 17.2 Å². The molecule has 1 aliphatic heterocycles. The van der Waals surface area contributed by atoms with Crippen LogP contribution in [0.15, 0.2) is 58.8 Å². The summed E-state index contributed by atoms with van der Waals surface area (Å²) in [5.41, 5.74) is 2.38. The van der Waals surface area contributed by atoms with Crippen molar-refractivity contribution in [1.29, 1.82) is 0 Å². The van der Waals surface area contributed by atoms with Crippen LogP contribution in [-0.4, -0.2) is 34.3 Å². The zero-order valence-electron chi connectivity index (χ0n) is 17.7. The van der Waals surface area contributed by atoms with Crippen LogP contribution in [0.1, 0.15) is 31.2 Å². The number of hydrogen-bond acceptors (Lipinski definition) is 4. The molecule has 1 atom stereocenters. The average Bonchev–Trinajstić information content (AvgIpc) is 3.37. The van der Waals surface area contributed by atoms with Gasteiger partial charge in [-0.1, -0.05) is 18.2 Å². The molecular weight excluding hydrogens is 434 g/mol. The second kappa shape index (κ2) is 7.65. The lowest BCUT2D eigenvalue weighted by molar-refractivity contribution is -0.0490. The summed E-state index contributed by atoms with van der Waals surface area (Å²) in [7, 11) is -2.04. The number of aliphatic imine (C=N–C) groups is 1. The summed E-state index contributed by atoms with van der Waals surface area (Å²) in [6, 6.07) is 8.25. The van der Waals surface area contributed by atoms with Crippen LogP contribution in [-0.2, 0) is 23.5 Å². The Morgan fingerprint density at radius 3 is 2.47 bits per heavy atom. The lowest BCUT2D eigenvalue weighted by Gasteiger charge is -2.33. The second-order valence-corrected chi connectivity index (χ2v) is 10.5. The van der Waals surface area contributed by atoms with Crippen LogP contribution in [0, 0.1) is 11.8 Å². The maximum absolute atomic E-state index is 13.7. The zero-order chi connectivity index (χ0) is 22.5. The first-order valence-electron chi connectivity index (χ1n) is 10.7. The molecule has 2 aromatic heterocycles. The van der Waals surface area contributed by atoms with E-state index in [1.165, 1.54) is 3.97 Å². The fraction of sp³-hybridized carbons (Fsp3) is 0.391. The number of benzene rings is 1. The number of rotatable bonds is 4. The monoisotopic (exact) mass is 458 g/mol. The summed E-state index contributed by atoms with van der Waals surface area (Å²) in [6.07, 6.45) is 8.17. The SMILES string of the molecule is Cn1cc(-c2cn(S(=O)(=O)c3ccccc3)c3c2CC(C2CCC(F)(F)CC2)C=N3)cn1. The van der Waals surface area contributed by atoms with Crippen LogP contribution in [0.2, 0.25) is 0 Å². The molecule has 3 heterocycles. The fourth-order valence-corrected chi connectivity index (χ4v) is 6.14. The van der Waals surface area contributed by atoms with Gasteiger partial charge in [-0.15, -0.1) is 0 Å². The van der Waals surface area contributed by atoms with Crippen molar-refractivity contribution >= 4 is 22.1 Å². The third-order valence-electron chi connectivity index (χ3n) is 6.56. The van der Waals surface area contributed by atoms with Crippen LogP contribution in [0.3, 0.4) is 0 Å². The average molecular weight is 459 g/mol. The molecule has 1 fully saturated rings. The van der Waals surface area contributed by atoms with Gasteiger partial charge in [-0.3, -0.25) is 4.68 Å². The summed E-state index contributed by atoms with van der Waals surface area (Å²) < 4.78 is 57.0. The predicted molar refractivity (Wildman–Crippen MR) is 118 cm³/mol. The minimum atomic E-state index is -3.84. The van der Waals surface area contributed by atoms with E-state index in [1.807, 2.05) is 6.20 Å². The van der Waals surface area contributed by atoms with Crippen LogP contribution >= 0.6 is 0 Å². The number of halogens is 2. The molecule has 5 rings (SSSR count). The first-order chi connectivity index (χ1) is 15.2. The highest BCUT2D eigenvalue weighted by atomic mass is 32.2. The Morgan fingerprint density at radius 2 is 1.81 bits per heavy atom. The summed E-state index contributed by atoms with van der Waals surface area (Å²) in [6.45, 7) is 0. The van der Waals surface area contributed by atoms with Crippen molar-refractivity contribution in [2.75, 3.05) is 0 Å². The van der Waals surface area contributed by atoms with Crippen LogP contribution in [0.25, 0.3) is 11.1 Å². The van der Waals surface area contributed by atoms with Crippen molar-refractivity contribution in [3.8, 4) is 11.1 Å². The number of hydrogen-bond donors (Lipinski definition) is 0. The normalized spacial score (nSPS) is 20.9. The standard InChI is InChI=1S/C23H24F2N4O2S/c1-28-14-18(13-27-28)21-15-29(32(30,31)19-5-3-2-4-6-19)22-20(21)11-17(12-26-22)16-7-9-23(24,25)10-8-16/h2-6,12-17H,7-11H2,1H3. The molecule has 9 heteroatoms. The molecule has 3 aromatic rings. The summed E-state index contributed by atoms with van der Waals surface area (Å²) in [5.74, 6) is -2.08. The van der Waals surface area contributed by atoms with Gasteiger partial charge >= 0.3 is 0 Å². The molecule has 6 nitrogen and oxygen atoms in total. The molecule has 1 saturated carbocycles. The Bertz CT molecular complexity index is 1270. The third kappa shape index (κ3) is 3.68. The molecule has 0 spiro atoms. The van der Waals surface area contributed by atoms with Gasteiger partial charge in [0, 0.05) is 61.1 Å². The van der Waals surface area contributed by atoms with Crippen molar-refractivity contribution in [3.05, 3.63) is 54.5 Å². The largest absolute Gasteiger partial charge is 0.275 e. The molecule has 2 aliphatic rings. The lowest BCUT2D eigenvalue weighted by atomic mass is 9.76. The quantitative estimate of drug-likeness (QED) is 0.563. The van der Waals surface area contributed by atoms with E-state index in [-0.39, 0.29) is 29.6 Å². The highest BCUT2D eigenvalue weighted by molar-refractivity contribution is 7.90. The maximum Gasteiger partial charge on any atom is 0.269 e. The Kier molecular flexibility index (Phi) is 5.03. The predicted octanol–water partition coefficient (Wildman–Crippen LogP) is 4.83. The highest BCUT2D eigenvalue weighted by Gasteiger charge is 2.39. The molecule has 0 saturated heterocycles. The number of aryl methyl sites for hydroxylation is 1. The van der Waals surface area contributed by atoms with Crippen LogP contribution in [0.4, 0.5) is 14.6 Å². The van der Waals surface area contributed by atoms with Gasteiger partial charge in [0.2, 0.25) is 5.92 Å². The van der Waals surface area contributed by atoms with E-state index in [0.717, 1.165) is 16.7 Å². The van der Waals surface area contributed by atoms with E-state index in [1.54, 1.807) is 60.7 Å². The molecule has 0 radical (unpaired) electrons. The molecule has 1 unspecified atom stereocenters. The van der Waals surface area contributed by atoms with Gasteiger partial charge < -0.3 is 0 Å². The van der Waals surface area contributed by atoms with E-state index in [0.29, 0.717) is 25.1 Å². The lowest BCUT2D eigenvalue weighted by Crippen LogP contribution is -2.30. The van der Waals surface area contributed by atoms with Gasteiger partial charge in [0.1, 0.15) is 5.82 Å². The van der Waals surface area contributed by atoms with Crippen molar-refractivity contribution in [3.63, 3.8) is 0 Å². The van der Waals surface area contributed by atoms with Crippen molar-refractivity contribution in [2.45, 2.75) is 42.9 Å². The van der Waals surface area contributed by atoms with Gasteiger partial charge in [-0.25, -0.2) is 26.2 Å². The number of aromatic nitrogens is 3. The van der Waals surface area contributed by atoms with E-state index >= 15 is 0 Å². The third-order valence-corrected chi connectivity index (χ3v) is 8.23. The number of alkyl halides is 2. The molecular formula is C23H24F2N4O2S. The molecule has 1 aliphatic carbocycles. The number of fused-ring (bicyclic) bond motifs is 1. The minimum absolute atomic E-state index is 0.00398. The molecule has 168 valence electrons. The Morgan fingerprint density at radius 1 is 1.09 bits per heavy atom. The number of nitrogens with zero attached hydrogens (tertiary/aromatic N) is 4. The highest BCUT2D eigenvalue weighted by Crippen LogP contribution is 2.44. The molecule has 1 aromatic carbocycles. The smallest absolute Gasteiger partial charge is 0.269 e. The zero-order valence-corrected chi connectivity index (χ0v) is 18.5. The van der Waals surface area contributed by atoms with Crippen LogP contribution < -0.4 is 0 Å². The van der Waals surface area contributed by atoms with Crippen LogP contribution in [0.5, 0.6) is 0 Å². The van der Waals surface area contributed by atoms with Crippen molar-refractivity contribution in [2.24, 2.45) is 23.9 Å². The van der Waals surface area contributed by atoms with Gasteiger partial charge in [-0.2, -0.15) is 5.10 Å². The van der Waals surface area contributed by atoms with Gasteiger partial charge in [0.25, 0.3) is 10.0 Å². The van der Waals surface area contributed by atoms with E-state index < -0.39 is 15.9 Å². The Balaban J connectivity index is 1.57.